The van der Waals surface area contributed by atoms with Gasteiger partial charge in [-0.15, -0.1) is 0 Å². The van der Waals surface area contributed by atoms with E-state index in [2.05, 4.69) is 9.97 Å². The summed E-state index contributed by atoms with van der Waals surface area (Å²) in [6.45, 7) is 3.16. The lowest BCUT2D eigenvalue weighted by Gasteiger charge is -2.21. The fourth-order valence-corrected chi connectivity index (χ4v) is 2.23. The zero-order valence-corrected chi connectivity index (χ0v) is 10.2. The highest BCUT2D eigenvalue weighted by atomic mass is 32.1. The van der Waals surface area contributed by atoms with E-state index in [0.717, 1.165) is 17.0 Å². The van der Waals surface area contributed by atoms with E-state index in [1.807, 2.05) is 31.2 Å². The van der Waals surface area contributed by atoms with Crippen molar-refractivity contribution in [2.24, 2.45) is 0 Å². The SMILES string of the molecule is CC1(c2cccc3nc(=S)[nH]c-3c2)OCCO1. The number of hydrogen-bond donors (Lipinski definition) is 1. The Morgan fingerprint density at radius 2 is 2.12 bits per heavy atom. The molecule has 0 bridgehead atoms. The van der Waals surface area contributed by atoms with Crippen LogP contribution in [-0.4, -0.2) is 23.2 Å². The van der Waals surface area contributed by atoms with Crippen LogP contribution in [-0.2, 0) is 15.3 Å². The van der Waals surface area contributed by atoms with Gasteiger partial charge < -0.3 is 14.5 Å². The largest absolute Gasteiger partial charge is 0.344 e. The van der Waals surface area contributed by atoms with E-state index < -0.39 is 5.79 Å². The van der Waals surface area contributed by atoms with Gasteiger partial charge in [-0.05, 0) is 31.3 Å². The molecule has 17 heavy (non-hydrogen) atoms. The summed E-state index contributed by atoms with van der Waals surface area (Å²) >= 11 is 5.02. The Kier molecular flexibility index (Phi) is 2.47. The molecule has 0 amide bonds. The summed E-state index contributed by atoms with van der Waals surface area (Å²) in [6.07, 6.45) is 0. The minimum absolute atomic E-state index is 0.496. The molecule has 0 saturated carbocycles. The third kappa shape index (κ3) is 1.86. The molecule has 3 aliphatic rings. The molecule has 0 spiro atoms. The third-order valence-corrected chi connectivity index (χ3v) is 3.13. The minimum Gasteiger partial charge on any atom is -0.344 e. The molecular weight excluding hydrogens is 236 g/mol. The van der Waals surface area contributed by atoms with Crippen molar-refractivity contribution in [2.45, 2.75) is 12.7 Å². The van der Waals surface area contributed by atoms with E-state index >= 15 is 0 Å². The number of fused-ring (bicyclic) bond motifs is 1. The Balaban J connectivity index is 2.15. The second-order valence-electron chi connectivity index (χ2n) is 4.11. The van der Waals surface area contributed by atoms with Crippen LogP contribution in [0.4, 0.5) is 0 Å². The van der Waals surface area contributed by atoms with Crippen molar-refractivity contribution < 1.29 is 9.47 Å². The predicted octanol–water partition coefficient (Wildman–Crippen LogP) is 2.46. The lowest BCUT2D eigenvalue weighted by atomic mass is 10.1. The number of aromatic amines is 1. The molecule has 88 valence electrons. The number of ether oxygens (including phenoxy) is 2. The number of rotatable bonds is 1. The Labute approximate surface area is 104 Å². The first-order valence-electron chi connectivity index (χ1n) is 5.46. The first-order valence-corrected chi connectivity index (χ1v) is 5.87. The summed E-state index contributed by atoms with van der Waals surface area (Å²) in [5, 5.41) is 0. The first kappa shape index (κ1) is 10.8. The van der Waals surface area contributed by atoms with Gasteiger partial charge >= 0.3 is 0 Å². The molecule has 1 N–H and O–H groups in total. The first-order chi connectivity index (χ1) is 8.17. The number of H-pyrrole nitrogens is 1. The average Bonchev–Trinajstić information content (AvgIpc) is 2.81. The van der Waals surface area contributed by atoms with Crippen molar-refractivity contribution in [3.8, 4) is 11.4 Å². The standard InChI is InChI=1S/C12H12N2O2S/c1-12(15-5-6-16-12)8-3-2-4-9-10(7-8)14-11(17)13-9/h2-4,7H,5-6H2,1H3,(H,13,14,17). The molecule has 2 aliphatic heterocycles. The molecule has 1 fully saturated rings. The Morgan fingerprint density at radius 1 is 1.35 bits per heavy atom. The second-order valence-corrected chi connectivity index (χ2v) is 4.50. The van der Waals surface area contributed by atoms with Gasteiger partial charge in [-0.1, -0.05) is 12.1 Å². The summed E-state index contributed by atoms with van der Waals surface area (Å²) in [7, 11) is 0. The molecule has 0 aromatic rings. The van der Waals surface area contributed by atoms with Crippen LogP contribution < -0.4 is 0 Å². The van der Waals surface area contributed by atoms with Crippen molar-refractivity contribution in [2.75, 3.05) is 13.2 Å². The van der Waals surface area contributed by atoms with Crippen molar-refractivity contribution >= 4 is 12.2 Å². The summed E-state index contributed by atoms with van der Waals surface area (Å²) in [6, 6.07) is 7.81. The number of nitrogens with one attached hydrogen (secondary N) is 1. The molecule has 1 saturated heterocycles. The van der Waals surface area contributed by atoms with Gasteiger partial charge in [0.15, 0.2) is 10.6 Å². The van der Waals surface area contributed by atoms with Crippen LogP contribution in [0.2, 0.25) is 0 Å². The Hall–Kier alpha value is -1.30. The number of aromatic nitrogens is 2. The number of imidazole rings is 1. The zero-order valence-electron chi connectivity index (χ0n) is 9.40. The van der Waals surface area contributed by atoms with Crippen molar-refractivity contribution in [1.29, 1.82) is 0 Å². The number of hydrogen-bond acceptors (Lipinski definition) is 4. The highest BCUT2D eigenvalue weighted by molar-refractivity contribution is 7.71. The highest BCUT2D eigenvalue weighted by Crippen LogP contribution is 2.32. The van der Waals surface area contributed by atoms with Crippen LogP contribution in [0, 0.1) is 4.77 Å². The minimum atomic E-state index is -0.668. The summed E-state index contributed by atoms with van der Waals surface area (Å²) < 4.78 is 11.8. The molecule has 0 unspecified atom stereocenters. The van der Waals surface area contributed by atoms with E-state index in [1.165, 1.54) is 0 Å². The molecular formula is C12H12N2O2S. The van der Waals surface area contributed by atoms with Gasteiger partial charge in [0.2, 0.25) is 0 Å². The van der Waals surface area contributed by atoms with Crippen LogP contribution in [0.15, 0.2) is 24.3 Å². The zero-order chi connectivity index (χ0) is 11.9. The van der Waals surface area contributed by atoms with E-state index in [4.69, 9.17) is 21.7 Å². The molecule has 4 nitrogen and oxygen atoms in total. The predicted molar refractivity (Wildman–Crippen MR) is 65.3 cm³/mol. The van der Waals surface area contributed by atoms with Gasteiger partial charge in [-0.2, -0.15) is 0 Å². The van der Waals surface area contributed by atoms with Crippen LogP contribution in [0.5, 0.6) is 0 Å². The smallest absolute Gasteiger partial charge is 0.197 e. The molecule has 3 rings (SSSR count). The van der Waals surface area contributed by atoms with Gasteiger partial charge in [0.1, 0.15) is 0 Å². The second kappa shape index (κ2) is 3.87. The van der Waals surface area contributed by atoms with Crippen LogP contribution in [0.25, 0.3) is 11.4 Å². The lowest BCUT2D eigenvalue weighted by Crippen LogP contribution is -2.21. The van der Waals surface area contributed by atoms with E-state index in [0.29, 0.717) is 18.0 Å². The molecule has 0 radical (unpaired) electrons. The molecule has 0 aromatic heterocycles. The van der Waals surface area contributed by atoms with Gasteiger partial charge in [0.25, 0.3) is 0 Å². The van der Waals surface area contributed by atoms with E-state index in [-0.39, 0.29) is 0 Å². The average molecular weight is 248 g/mol. The fourth-order valence-electron chi connectivity index (χ4n) is 2.02. The summed E-state index contributed by atoms with van der Waals surface area (Å²) in [4.78, 5) is 7.27. The lowest BCUT2D eigenvalue weighted by molar-refractivity contribution is -0.149. The maximum absolute atomic E-state index is 5.64. The summed E-state index contributed by atoms with van der Waals surface area (Å²) in [5.74, 6) is -0.668. The number of nitrogens with zero attached hydrogens (tertiary/aromatic N) is 1. The van der Waals surface area contributed by atoms with Crippen molar-refractivity contribution in [1.82, 2.24) is 9.97 Å². The Bertz CT molecular complexity index is 575. The fraction of sp³-hybridized carbons (Fsp3) is 0.333. The van der Waals surface area contributed by atoms with Crippen molar-refractivity contribution in [3.63, 3.8) is 0 Å². The van der Waals surface area contributed by atoms with E-state index in [1.54, 1.807) is 0 Å². The molecule has 0 atom stereocenters. The van der Waals surface area contributed by atoms with Crippen molar-refractivity contribution in [3.05, 3.63) is 34.6 Å². The molecule has 2 heterocycles. The third-order valence-electron chi connectivity index (χ3n) is 2.93. The maximum Gasteiger partial charge on any atom is 0.197 e. The maximum atomic E-state index is 5.64. The molecule has 5 heteroatoms. The quantitative estimate of drug-likeness (QED) is 0.787. The normalized spacial score (nSPS) is 18.6. The van der Waals surface area contributed by atoms with Crippen LogP contribution in [0.3, 0.4) is 0 Å². The van der Waals surface area contributed by atoms with Gasteiger partial charge in [0, 0.05) is 5.56 Å². The summed E-state index contributed by atoms with van der Waals surface area (Å²) in [5.41, 5.74) is 2.71. The highest BCUT2D eigenvalue weighted by Gasteiger charge is 2.33. The van der Waals surface area contributed by atoms with E-state index in [9.17, 15) is 0 Å². The molecule has 1 aliphatic carbocycles. The van der Waals surface area contributed by atoms with Crippen LogP contribution >= 0.6 is 12.2 Å². The monoisotopic (exact) mass is 248 g/mol. The van der Waals surface area contributed by atoms with Gasteiger partial charge in [-0.25, -0.2) is 4.98 Å². The topological polar surface area (TPSA) is 47.1 Å². The van der Waals surface area contributed by atoms with Gasteiger partial charge in [0.05, 0.1) is 24.6 Å². The van der Waals surface area contributed by atoms with Gasteiger partial charge in [-0.3, -0.25) is 0 Å². The van der Waals surface area contributed by atoms with Crippen LogP contribution in [0.1, 0.15) is 12.5 Å². The molecule has 0 aromatic carbocycles. The Morgan fingerprint density at radius 3 is 2.88 bits per heavy atom.